The molecule has 0 radical (unpaired) electrons. The highest BCUT2D eigenvalue weighted by atomic mass is 16.5. The minimum absolute atomic E-state index is 0.0560. The maximum absolute atomic E-state index is 12.4. The Balaban J connectivity index is 1.57. The summed E-state index contributed by atoms with van der Waals surface area (Å²) < 4.78 is 5.26. The summed E-state index contributed by atoms with van der Waals surface area (Å²) in [6.45, 7) is 1.01. The van der Waals surface area contributed by atoms with Crippen LogP contribution in [0.3, 0.4) is 0 Å². The highest BCUT2D eigenvalue weighted by Gasteiger charge is 2.35. The van der Waals surface area contributed by atoms with Crippen molar-refractivity contribution in [2.75, 3.05) is 18.5 Å². The van der Waals surface area contributed by atoms with Gasteiger partial charge < -0.3 is 21.1 Å². The summed E-state index contributed by atoms with van der Waals surface area (Å²) in [7, 11) is 0. The monoisotopic (exact) mass is 331 g/mol. The summed E-state index contributed by atoms with van der Waals surface area (Å²) in [5.74, 6) is -0.256. The number of ether oxygens (including phenoxy) is 1. The Kier molecular flexibility index (Phi) is 5.16. The van der Waals surface area contributed by atoms with Gasteiger partial charge in [0.15, 0.2) is 0 Å². The minimum atomic E-state index is -0.878. The third kappa shape index (κ3) is 3.94. The third-order valence-corrected chi connectivity index (χ3v) is 4.93. The number of nitrogens with two attached hydrogens (primary N) is 1. The molecule has 2 fully saturated rings. The highest BCUT2D eigenvalue weighted by Crippen LogP contribution is 2.21. The number of hydrogen-bond donors (Lipinski definition) is 3. The van der Waals surface area contributed by atoms with Crippen LogP contribution in [0.15, 0.2) is 24.3 Å². The average Bonchev–Trinajstić information content (AvgIpc) is 3.09. The first-order valence-corrected chi connectivity index (χ1v) is 8.66. The number of anilines is 1. The number of nitrogens with one attached hydrogen (secondary N) is 2. The quantitative estimate of drug-likeness (QED) is 0.784. The van der Waals surface area contributed by atoms with Crippen molar-refractivity contribution in [3.63, 3.8) is 0 Å². The van der Waals surface area contributed by atoms with E-state index in [2.05, 4.69) is 10.6 Å². The van der Waals surface area contributed by atoms with Crippen LogP contribution < -0.4 is 16.4 Å². The van der Waals surface area contributed by atoms with Crippen molar-refractivity contribution in [1.29, 1.82) is 0 Å². The van der Waals surface area contributed by atoms with Crippen molar-refractivity contribution in [2.24, 2.45) is 5.73 Å². The molecule has 6 nitrogen and oxygen atoms in total. The standard InChI is InChI=1S/C18H25N3O3/c19-18(9-11-24-12-10-18)17(23)21-15-7-5-13(6-8-15)16(22)20-14-3-1-2-4-14/h5-8,14H,1-4,9-12,19H2,(H,20,22)(H,21,23). The van der Waals surface area contributed by atoms with Gasteiger partial charge in [-0.15, -0.1) is 0 Å². The topological polar surface area (TPSA) is 93.5 Å². The molecule has 0 spiro atoms. The van der Waals surface area contributed by atoms with Crippen LogP contribution in [0.5, 0.6) is 0 Å². The molecular weight excluding hydrogens is 306 g/mol. The Morgan fingerprint density at radius 1 is 1.08 bits per heavy atom. The number of rotatable bonds is 4. The first-order chi connectivity index (χ1) is 11.6. The summed E-state index contributed by atoms with van der Waals surface area (Å²) in [6.07, 6.45) is 5.51. The fraction of sp³-hybridized carbons (Fsp3) is 0.556. The molecule has 0 bridgehead atoms. The molecule has 2 aliphatic rings. The number of benzene rings is 1. The molecule has 130 valence electrons. The molecule has 2 amide bonds. The maximum atomic E-state index is 12.4. The van der Waals surface area contributed by atoms with Crippen LogP contribution in [0.1, 0.15) is 48.9 Å². The summed E-state index contributed by atoms with van der Waals surface area (Å²) in [6, 6.07) is 7.23. The van der Waals surface area contributed by atoms with E-state index in [1.165, 1.54) is 12.8 Å². The van der Waals surface area contributed by atoms with Gasteiger partial charge in [0.2, 0.25) is 5.91 Å². The molecule has 1 saturated heterocycles. The highest BCUT2D eigenvalue weighted by molar-refractivity contribution is 5.99. The van der Waals surface area contributed by atoms with E-state index in [0.717, 1.165) is 12.8 Å². The molecule has 1 aromatic rings. The van der Waals surface area contributed by atoms with Crippen molar-refractivity contribution in [2.45, 2.75) is 50.1 Å². The Morgan fingerprint density at radius 2 is 1.71 bits per heavy atom. The zero-order chi connectivity index (χ0) is 17.0. The molecule has 0 aromatic heterocycles. The number of amides is 2. The van der Waals surface area contributed by atoms with E-state index >= 15 is 0 Å². The normalized spacial score (nSPS) is 20.5. The van der Waals surface area contributed by atoms with Gasteiger partial charge in [0.1, 0.15) is 5.54 Å². The Morgan fingerprint density at radius 3 is 2.33 bits per heavy atom. The molecule has 3 rings (SSSR count). The second-order valence-corrected chi connectivity index (χ2v) is 6.75. The lowest BCUT2D eigenvalue weighted by atomic mass is 9.90. The second-order valence-electron chi connectivity index (χ2n) is 6.75. The maximum Gasteiger partial charge on any atom is 0.251 e. The molecular formula is C18H25N3O3. The molecule has 1 aromatic carbocycles. The van der Waals surface area contributed by atoms with E-state index in [1.54, 1.807) is 24.3 Å². The van der Waals surface area contributed by atoms with E-state index in [0.29, 0.717) is 43.3 Å². The zero-order valence-corrected chi connectivity index (χ0v) is 13.8. The zero-order valence-electron chi connectivity index (χ0n) is 13.8. The fourth-order valence-electron chi connectivity index (χ4n) is 3.26. The average molecular weight is 331 g/mol. The molecule has 24 heavy (non-hydrogen) atoms. The molecule has 4 N–H and O–H groups in total. The second kappa shape index (κ2) is 7.32. The van der Waals surface area contributed by atoms with Gasteiger partial charge in [-0.2, -0.15) is 0 Å². The lowest BCUT2D eigenvalue weighted by molar-refractivity contribution is -0.124. The summed E-state index contributed by atoms with van der Waals surface area (Å²) in [4.78, 5) is 24.6. The Bertz CT molecular complexity index is 588. The van der Waals surface area contributed by atoms with Gasteiger partial charge in [0.05, 0.1) is 0 Å². The molecule has 1 aliphatic heterocycles. The van der Waals surface area contributed by atoms with Gasteiger partial charge >= 0.3 is 0 Å². The number of carbonyl (C=O) groups is 2. The van der Waals surface area contributed by atoms with Crippen LogP contribution in [0, 0.1) is 0 Å². The van der Waals surface area contributed by atoms with E-state index in [4.69, 9.17) is 10.5 Å². The predicted molar refractivity (Wildman–Crippen MR) is 91.8 cm³/mol. The van der Waals surface area contributed by atoms with Gasteiger partial charge in [-0.25, -0.2) is 0 Å². The summed E-state index contributed by atoms with van der Waals surface area (Å²) >= 11 is 0. The fourth-order valence-corrected chi connectivity index (χ4v) is 3.26. The van der Waals surface area contributed by atoms with Gasteiger partial charge in [-0.05, 0) is 49.9 Å². The van der Waals surface area contributed by atoms with Gasteiger partial charge in [-0.3, -0.25) is 9.59 Å². The molecule has 6 heteroatoms. The smallest absolute Gasteiger partial charge is 0.251 e. The summed E-state index contributed by atoms with van der Waals surface area (Å²) in [5.41, 5.74) is 6.54. The van der Waals surface area contributed by atoms with Crippen LogP contribution in [-0.2, 0) is 9.53 Å². The molecule has 1 aliphatic carbocycles. The van der Waals surface area contributed by atoms with E-state index in [1.807, 2.05) is 0 Å². The first kappa shape index (κ1) is 16.9. The third-order valence-electron chi connectivity index (χ3n) is 4.93. The molecule has 0 unspecified atom stereocenters. The first-order valence-electron chi connectivity index (χ1n) is 8.66. The Hall–Kier alpha value is -1.92. The van der Waals surface area contributed by atoms with Crippen molar-refractivity contribution in [3.8, 4) is 0 Å². The van der Waals surface area contributed by atoms with Crippen LogP contribution in [0.25, 0.3) is 0 Å². The van der Waals surface area contributed by atoms with Gasteiger partial charge in [0, 0.05) is 30.5 Å². The van der Waals surface area contributed by atoms with E-state index in [-0.39, 0.29) is 11.8 Å². The summed E-state index contributed by atoms with van der Waals surface area (Å²) in [5, 5.41) is 5.89. The van der Waals surface area contributed by atoms with E-state index < -0.39 is 5.54 Å². The molecule has 1 heterocycles. The minimum Gasteiger partial charge on any atom is -0.381 e. The predicted octanol–water partition coefficient (Wildman–Crippen LogP) is 1.81. The lowest BCUT2D eigenvalue weighted by Crippen LogP contribution is -2.54. The van der Waals surface area contributed by atoms with Crippen molar-refractivity contribution in [3.05, 3.63) is 29.8 Å². The van der Waals surface area contributed by atoms with Crippen LogP contribution >= 0.6 is 0 Å². The number of carbonyl (C=O) groups excluding carboxylic acids is 2. The van der Waals surface area contributed by atoms with Crippen molar-refractivity contribution < 1.29 is 14.3 Å². The van der Waals surface area contributed by atoms with Crippen LogP contribution in [0.4, 0.5) is 5.69 Å². The Labute approximate surface area is 142 Å². The van der Waals surface area contributed by atoms with Gasteiger partial charge in [0.25, 0.3) is 5.91 Å². The number of hydrogen-bond acceptors (Lipinski definition) is 4. The molecule has 1 saturated carbocycles. The van der Waals surface area contributed by atoms with Crippen molar-refractivity contribution in [1.82, 2.24) is 5.32 Å². The lowest BCUT2D eigenvalue weighted by Gasteiger charge is -2.31. The van der Waals surface area contributed by atoms with E-state index in [9.17, 15) is 9.59 Å². The van der Waals surface area contributed by atoms with Crippen LogP contribution in [-0.4, -0.2) is 36.6 Å². The largest absolute Gasteiger partial charge is 0.381 e. The van der Waals surface area contributed by atoms with Crippen LogP contribution in [0.2, 0.25) is 0 Å². The van der Waals surface area contributed by atoms with Gasteiger partial charge in [-0.1, -0.05) is 12.8 Å². The molecule has 0 atom stereocenters. The van der Waals surface area contributed by atoms with Crippen molar-refractivity contribution >= 4 is 17.5 Å². The SMILES string of the molecule is NC1(C(=O)Nc2ccc(C(=O)NC3CCCC3)cc2)CCOCC1.